The smallest absolute Gasteiger partial charge is 0.235 e. The van der Waals surface area contributed by atoms with E-state index in [-0.39, 0.29) is 86.3 Å². The van der Waals surface area contributed by atoms with Crippen LogP contribution in [0.5, 0.6) is 0 Å². The molecule has 0 aliphatic heterocycles. The van der Waals surface area contributed by atoms with E-state index in [1.807, 2.05) is 112 Å². The minimum atomic E-state index is -0.418. The second-order valence-electron chi connectivity index (χ2n) is 31.3. The topological polar surface area (TPSA) is 200 Å². The van der Waals surface area contributed by atoms with Crippen LogP contribution in [-0.4, -0.2) is 77.5 Å². The van der Waals surface area contributed by atoms with Crippen molar-refractivity contribution in [3.05, 3.63) is 308 Å². The summed E-state index contributed by atoms with van der Waals surface area (Å²) in [6.45, 7) is 34.8. The molecular formula is C104H106FIr4N15O-4. The second-order valence-corrected chi connectivity index (χ2v) is 31.3. The first-order chi connectivity index (χ1) is 58.6. The van der Waals surface area contributed by atoms with Gasteiger partial charge in [0.1, 0.15) is 35.3 Å². The summed E-state index contributed by atoms with van der Waals surface area (Å²) >= 11 is 0. The average Bonchev–Trinajstić information content (AvgIpc) is 1.58. The number of nitriles is 2. The number of unbranched alkanes of at least 4 members (excludes halogenated alkanes) is 1. The Bertz CT molecular complexity index is 6200. The molecule has 0 saturated heterocycles. The summed E-state index contributed by atoms with van der Waals surface area (Å²) in [5.74, 6) is 3.35. The Morgan fingerprint density at radius 3 is 1.72 bits per heavy atom. The van der Waals surface area contributed by atoms with Gasteiger partial charge in [-0.3, -0.25) is 14.3 Å². The van der Waals surface area contributed by atoms with Crippen molar-refractivity contribution in [2.24, 2.45) is 0 Å². The molecule has 0 saturated carbocycles. The molecule has 0 unspecified atom stereocenters. The van der Waals surface area contributed by atoms with Gasteiger partial charge in [0, 0.05) is 134 Å². The van der Waals surface area contributed by atoms with Gasteiger partial charge >= 0.3 is 0 Å². The summed E-state index contributed by atoms with van der Waals surface area (Å²) in [4.78, 5) is 55.5. The predicted molar refractivity (Wildman–Crippen MR) is 487 cm³/mol. The number of carbonyl (C=O) groups excluding carboxylic acids is 1. The molecule has 125 heavy (non-hydrogen) atoms. The molecular weight excluding hydrogens is 2260 g/mol. The van der Waals surface area contributed by atoms with Gasteiger partial charge in [-0.2, -0.15) is 14.9 Å². The van der Waals surface area contributed by atoms with E-state index >= 15 is 0 Å². The van der Waals surface area contributed by atoms with Gasteiger partial charge in [-0.15, -0.1) is 101 Å². The van der Waals surface area contributed by atoms with Crippen LogP contribution in [0, 0.1) is 102 Å². The van der Waals surface area contributed by atoms with Crippen LogP contribution in [0.4, 0.5) is 4.39 Å². The van der Waals surface area contributed by atoms with Gasteiger partial charge in [-0.25, -0.2) is 19.9 Å². The van der Waals surface area contributed by atoms with Crippen LogP contribution in [0.25, 0.3) is 113 Å². The van der Waals surface area contributed by atoms with Gasteiger partial charge in [-0.1, -0.05) is 188 Å². The Kier molecular flexibility index (Phi) is 37.4. The third kappa shape index (κ3) is 24.1. The molecule has 0 N–H and O–H groups in total. The molecule has 1 amide bonds. The minimum absolute atomic E-state index is 0. The molecule has 8 aromatic carbocycles. The SMILES string of the molecule is CCCCc1cc[c-]c(-c2cc(-c3nc(C)nc(C)n3)ccn2)c1.CCCN(CCC)C(=O)c1cc[c-]c(-c2cc(-n3c4ccccc4c4ccccc43)c(C#N)cn2)c1.CCCc1cc(C)c(-n2c(F)cnc2-c2nc(-c3c(C)cc(C)cc3C)c[n-]2)c(C)c1.CCCc1cc(C)cc(CCC)c1-n1cc(C#N)nc1-c1[c-]ccc(C=C(C)C)c1.[Ir].[Ir].[Ir].[Ir]. The number of pyridine rings is 2. The largest absolute Gasteiger partial charge is 0.439 e. The number of fused-ring (bicyclic) bond motifs is 3. The Labute approximate surface area is 790 Å². The molecule has 0 atom stereocenters. The van der Waals surface area contributed by atoms with Gasteiger partial charge in [0.15, 0.2) is 5.82 Å². The Morgan fingerprint density at radius 2 is 1.12 bits per heavy atom. The first-order valence-electron chi connectivity index (χ1n) is 42.2. The number of amides is 1. The van der Waals surface area contributed by atoms with E-state index in [1.54, 1.807) is 24.7 Å². The van der Waals surface area contributed by atoms with Crippen molar-refractivity contribution >= 4 is 33.8 Å². The van der Waals surface area contributed by atoms with E-state index in [2.05, 4.69) is 247 Å². The average molecular weight is 2370 g/mol. The van der Waals surface area contributed by atoms with E-state index in [4.69, 9.17) is 4.98 Å². The van der Waals surface area contributed by atoms with Crippen molar-refractivity contribution in [3.63, 3.8) is 0 Å². The number of hydrogen-bond donors (Lipinski definition) is 0. The van der Waals surface area contributed by atoms with Gasteiger partial charge in [0.25, 0.3) is 0 Å². The van der Waals surface area contributed by atoms with Crippen LogP contribution in [0.15, 0.2) is 194 Å². The van der Waals surface area contributed by atoms with E-state index in [1.165, 1.54) is 68.2 Å². The third-order valence-corrected chi connectivity index (χ3v) is 21.0. The summed E-state index contributed by atoms with van der Waals surface area (Å²) in [5.41, 5.74) is 27.7. The number of allylic oxidation sites excluding steroid dienone is 1. The van der Waals surface area contributed by atoms with Crippen molar-refractivity contribution in [1.29, 1.82) is 10.5 Å². The second kappa shape index (κ2) is 47.0. The van der Waals surface area contributed by atoms with Gasteiger partial charge < -0.3 is 34.0 Å². The molecule has 0 bridgehead atoms. The number of aromatic nitrogens is 12. The van der Waals surface area contributed by atoms with Crippen LogP contribution >= 0.6 is 0 Å². The van der Waals surface area contributed by atoms with Crippen molar-refractivity contribution in [3.8, 4) is 97.4 Å². The standard InChI is InChI=1S/C31H27N4O.C27H30N3.C26H28FN4.C20H21N4.4Ir/c1-3-16-34(17-4-2)31(36)23-11-9-10-22(18-23)27-19-30(24(20-32)21-33-27)35-28-14-7-5-12-25(28)26-13-6-8-15-29(26)35;1-6-9-22-14-20(5)15-23(10-7-2)26(22)30-18-25(17-28)29-27(30)24-12-8-11-21(16-24)13-19(3)4;1-7-8-20-11-18(5)24(19(6)12-20)31-22(27)14-29-26(31)25-28-13-21(30-25)23-16(3)9-15(2)10-17(23)4;1-4-5-7-16-8-6-9-17(12-16)19-13-18(10-11-21-19)20-23-14(2)22-15(3)24-20;;;;/h5-9,11-15,18-19,21H,3-4,16-17H2,1-2H3;8,11,13-16,18H,6-7,9-10H2,1-5H3;9-14H,7-8H2,1-6H3;6,8,10-13H,4-5,7H2,1-3H3;;;;/q4*-1;;;;. The number of carbonyl (C=O) groups is 1. The first kappa shape index (κ1) is 99.6. The molecule has 7 heterocycles. The zero-order valence-electron chi connectivity index (χ0n) is 74.0. The maximum atomic E-state index is 14.9. The number of aryl methyl sites for hydroxylation is 12. The van der Waals surface area contributed by atoms with E-state index in [9.17, 15) is 19.7 Å². The molecule has 21 heteroatoms. The fraction of sp³-hybridized carbons (Fsp3) is 0.279. The third-order valence-electron chi connectivity index (χ3n) is 21.0. The van der Waals surface area contributed by atoms with Crippen molar-refractivity contribution in [2.75, 3.05) is 13.1 Å². The Balaban J connectivity index is 0.000000206. The van der Waals surface area contributed by atoms with Crippen LogP contribution in [-0.2, 0) is 106 Å². The maximum Gasteiger partial charge on any atom is 0.235 e. The molecule has 0 spiro atoms. The van der Waals surface area contributed by atoms with E-state index in [0.717, 1.165) is 189 Å². The Hall–Kier alpha value is -10.8. The van der Waals surface area contributed by atoms with Crippen molar-refractivity contribution in [2.45, 2.75) is 181 Å². The molecule has 7 aromatic heterocycles. The summed E-state index contributed by atoms with van der Waals surface area (Å²) < 4.78 is 20.7. The molecule has 0 aliphatic rings. The zero-order chi connectivity index (χ0) is 86.0. The summed E-state index contributed by atoms with van der Waals surface area (Å²) in [5, 5.41) is 21.8. The molecule has 15 rings (SSSR count). The molecule has 0 aliphatic carbocycles. The number of halogens is 1. The zero-order valence-corrected chi connectivity index (χ0v) is 83.6. The van der Waals surface area contributed by atoms with Gasteiger partial charge in [0.05, 0.1) is 40.0 Å². The monoisotopic (exact) mass is 2370 g/mol. The molecule has 15 aromatic rings. The number of hydrogen-bond acceptors (Lipinski definition) is 11. The van der Waals surface area contributed by atoms with Gasteiger partial charge in [0.2, 0.25) is 11.9 Å². The first-order valence-corrected chi connectivity index (χ1v) is 42.2. The number of imidazole rings is 3. The molecule has 650 valence electrons. The summed E-state index contributed by atoms with van der Waals surface area (Å²) in [6.07, 6.45) is 21.9. The maximum absolute atomic E-state index is 14.9. The predicted octanol–water partition coefficient (Wildman–Crippen LogP) is 24.2. The fourth-order valence-corrected chi connectivity index (χ4v) is 16.1. The van der Waals surface area contributed by atoms with Crippen LogP contribution in [0.1, 0.15) is 195 Å². The van der Waals surface area contributed by atoms with Crippen LogP contribution in [0.2, 0.25) is 0 Å². The van der Waals surface area contributed by atoms with Crippen molar-refractivity contribution in [1.82, 2.24) is 63.5 Å². The molecule has 0 fully saturated rings. The number of nitrogens with zero attached hydrogens (tertiary/aromatic N) is 15. The molecule has 4 radical (unpaired) electrons. The van der Waals surface area contributed by atoms with E-state index in [0.29, 0.717) is 40.0 Å². The normalized spacial score (nSPS) is 10.6. The molecule has 16 nitrogen and oxygen atoms in total. The number of rotatable bonds is 24. The van der Waals surface area contributed by atoms with Crippen LogP contribution in [0.3, 0.4) is 0 Å². The number of benzene rings is 8. The fourth-order valence-electron chi connectivity index (χ4n) is 16.1. The summed E-state index contributed by atoms with van der Waals surface area (Å²) in [6, 6.07) is 67.6. The summed E-state index contributed by atoms with van der Waals surface area (Å²) in [7, 11) is 0. The number of para-hydroxylation sites is 2. The minimum Gasteiger partial charge on any atom is -0.439 e. The quantitative estimate of drug-likeness (QED) is 0.0519. The van der Waals surface area contributed by atoms with Crippen molar-refractivity contribution < 1.29 is 89.6 Å². The Morgan fingerprint density at radius 1 is 0.528 bits per heavy atom. The van der Waals surface area contributed by atoms with E-state index < -0.39 is 5.95 Å². The van der Waals surface area contributed by atoms with Gasteiger partial charge in [-0.05, 0) is 199 Å². The van der Waals surface area contributed by atoms with Crippen LogP contribution < -0.4 is 4.98 Å².